The van der Waals surface area contributed by atoms with Gasteiger partial charge in [0.25, 0.3) is 5.91 Å². The van der Waals surface area contributed by atoms with Gasteiger partial charge < -0.3 is 15.0 Å². The fraction of sp³-hybridized carbons (Fsp3) is 0.478. The van der Waals surface area contributed by atoms with Crippen LogP contribution in [0.2, 0.25) is 0 Å². The lowest BCUT2D eigenvalue weighted by molar-refractivity contribution is -0.123. The van der Waals surface area contributed by atoms with E-state index in [1.165, 1.54) is 12.8 Å². The molecule has 0 spiro atoms. The Hall–Kier alpha value is -2.81. The van der Waals surface area contributed by atoms with Crippen LogP contribution in [0.15, 0.2) is 35.6 Å². The maximum absolute atomic E-state index is 12.2. The van der Waals surface area contributed by atoms with Gasteiger partial charge in [0.15, 0.2) is 17.4 Å². The minimum absolute atomic E-state index is 0.0145. The summed E-state index contributed by atoms with van der Waals surface area (Å²) in [4.78, 5) is 24.1. The zero-order valence-electron chi connectivity index (χ0n) is 18.9. The van der Waals surface area contributed by atoms with Gasteiger partial charge in [-0.25, -0.2) is 14.6 Å². The molecule has 1 saturated heterocycles. The van der Waals surface area contributed by atoms with Crippen molar-refractivity contribution in [2.75, 3.05) is 31.1 Å². The molecule has 0 aliphatic carbocycles. The lowest BCUT2D eigenvalue weighted by Crippen LogP contribution is -2.31. The summed E-state index contributed by atoms with van der Waals surface area (Å²) in [7, 11) is 0. The van der Waals surface area contributed by atoms with Crippen molar-refractivity contribution in [3.63, 3.8) is 0 Å². The Bertz CT molecular complexity index is 1060. The van der Waals surface area contributed by atoms with Crippen molar-refractivity contribution >= 4 is 34.5 Å². The van der Waals surface area contributed by atoms with Gasteiger partial charge in [0.2, 0.25) is 0 Å². The van der Waals surface area contributed by atoms with Crippen molar-refractivity contribution in [3.8, 4) is 5.75 Å². The van der Waals surface area contributed by atoms with E-state index in [2.05, 4.69) is 29.2 Å². The maximum Gasteiger partial charge on any atom is 0.258 e. The summed E-state index contributed by atoms with van der Waals surface area (Å²) in [6.45, 7) is 9.28. The van der Waals surface area contributed by atoms with E-state index in [4.69, 9.17) is 14.7 Å². The number of carbonyl (C=O) groups excluding carboxylic acids is 1. The summed E-state index contributed by atoms with van der Waals surface area (Å²) in [5.41, 5.74) is 1.97. The Balaban J connectivity index is 1.40. The first kappa shape index (κ1) is 22.4. The molecule has 1 fully saturated rings. The summed E-state index contributed by atoms with van der Waals surface area (Å²) in [5.74, 6) is 1.49. The van der Waals surface area contributed by atoms with Crippen molar-refractivity contribution in [1.29, 1.82) is 0 Å². The second-order valence-electron chi connectivity index (χ2n) is 8.25. The molecular formula is C23H30N6O2S. The second-order valence-corrected chi connectivity index (χ2v) is 9.79. The molecule has 9 heteroatoms. The zero-order chi connectivity index (χ0) is 22.5. The molecule has 170 valence electrons. The fourth-order valence-corrected chi connectivity index (χ4v) is 4.35. The number of rotatable bonds is 9. The number of anilines is 1. The van der Waals surface area contributed by atoms with Crippen LogP contribution in [-0.4, -0.2) is 57.1 Å². The number of nitrogens with one attached hydrogen (secondary N) is 1. The lowest BCUT2D eigenvalue weighted by Gasteiger charge is -2.18. The molecule has 3 heterocycles. The number of thioether (sulfide) groups is 1. The minimum atomic E-state index is -0.162. The number of benzene rings is 1. The first-order valence-electron chi connectivity index (χ1n) is 11.1. The number of fused-ring (bicyclic) bond motifs is 1. The van der Waals surface area contributed by atoms with Crippen LogP contribution in [0.4, 0.5) is 5.82 Å². The van der Waals surface area contributed by atoms with Crippen molar-refractivity contribution in [2.24, 2.45) is 0 Å². The highest BCUT2D eigenvalue weighted by Crippen LogP contribution is 2.30. The highest BCUT2D eigenvalue weighted by molar-refractivity contribution is 7.99. The molecule has 0 bridgehead atoms. The van der Waals surface area contributed by atoms with Crippen molar-refractivity contribution in [2.45, 2.75) is 50.6 Å². The van der Waals surface area contributed by atoms with Crippen LogP contribution >= 0.6 is 11.8 Å². The molecule has 0 radical (unpaired) electrons. The van der Waals surface area contributed by atoms with E-state index in [0.717, 1.165) is 40.7 Å². The molecule has 2 aromatic heterocycles. The van der Waals surface area contributed by atoms with Crippen molar-refractivity contribution < 1.29 is 9.53 Å². The number of aryl methyl sites for hydroxylation is 1. The quantitative estimate of drug-likeness (QED) is 0.392. The molecule has 1 aromatic carbocycles. The Labute approximate surface area is 192 Å². The normalized spacial score (nSPS) is 13.8. The highest BCUT2D eigenvalue weighted by Gasteiger charge is 2.21. The Kier molecular flexibility index (Phi) is 7.14. The van der Waals surface area contributed by atoms with Gasteiger partial charge in [-0.15, -0.1) is 0 Å². The SMILES string of the molecule is Cc1ccc(OCC(=O)NCCn2ncc3c(N4CCCC4)nc(SC(C)C)nc32)cc1. The second kappa shape index (κ2) is 10.2. The van der Waals surface area contributed by atoms with Gasteiger partial charge in [0, 0.05) is 24.9 Å². The number of nitrogens with zero attached hydrogens (tertiary/aromatic N) is 5. The van der Waals surface area contributed by atoms with E-state index in [1.807, 2.05) is 42.1 Å². The first-order chi connectivity index (χ1) is 15.5. The number of ether oxygens (including phenoxy) is 1. The fourth-order valence-electron chi connectivity index (χ4n) is 3.65. The van der Waals surface area contributed by atoms with Gasteiger partial charge in [-0.2, -0.15) is 5.10 Å². The van der Waals surface area contributed by atoms with Crippen molar-refractivity contribution in [3.05, 3.63) is 36.0 Å². The highest BCUT2D eigenvalue weighted by atomic mass is 32.2. The monoisotopic (exact) mass is 454 g/mol. The number of amides is 1. The molecular weight excluding hydrogens is 424 g/mol. The van der Waals surface area contributed by atoms with E-state index in [0.29, 0.717) is 24.1 Å². The standard InChI is InChI=1S/C23H30N6O2S/c1-16(2)32-23-26-21(28-11-4-5-12-28)19-14-25-29(22(19)27-23)13-10-24-20(30)15-31-18-8-6-17(3)7-9-18/h6-9,14,16H,4-5,10-13,15H2,1-3H3,(H,24,30). The molecule has 0 unspecified atom stereocenters. The van der Waals surface area contributed by atoms with E-state index in [1.54, 1.807) is 11.8 Å². The van der Waals surface area contributed by atoms with Crippen LogP contribution in [0.3, 0.4) is 0 Å². The van der Waals surface area contributed by atoms with E-state index >= 15 is 0 Å². The Morgan fingerprint density at radius 1 is 1.19 bits per heavy atom. The summed E-state index contributed by atoms with van der Waals surface area (Å²) in [6, 6.07) is 7.64. The first-order valence-corrected chi connectivity index (χ1v) is 12.0. The van der Waals surface area contributed by atoms with E-state index < -0.39 is 0 Å². The third kappa shape index (κ3) is 5.51. The van der Waals surface area contributed by atoms with E-state index in [9.17, 15) is 4.79 Å². The van der Waals surface area contributed by atoms with Gasteiger partial charge in [0.1, 0.15) is 11.6 Å². The van der Waals surface area contributed by atoms with Crippen LogP contribution in [-0.2, 0) is 11.3 Å². The average molecular weight is 455 g/mol. The van der Waals surface area contributed by atoms with Crippen LogP contribution < -0.4 is 15.0 Å². The molecule has 3 aromatic rings. The topological polar surface area (TPSA) is 85.2 Å². The molecule has 0 saturated carbocycles. The third-order valence-corrected chi connectivity index (χ3v) is 6.10. The third-order valence-electron chi connectivity index (χ3n) is 5.24. The molecule has 1 amide bonds. The van der Waals surface area contributed by atoms with Crippen LogP contribution in [0.25, 0.3) is 11.0 Å². The average Bonchev–Trinajstić information content (AvgIpc) is 3.43. The molecule has 1 aliphatic rings. The minimum Gasteiger partial charge on any atom is -0.484 e. The molecule has 1 aliphatic heterocycles. The summed E-state index contributed by atoms with van der Waals surface area (Å²) in [5, 5.41) is 9.57. The molecule has 1 N–H and O–H groups in total. The number of hydrogen-bond donors (Lipinski definition) is 1. The van der Waals surface area contributed by atoms with Crippen LogP contribution in [0, 0.1) is 6.92 Å². The summed E-state index contributed by atoms with van der Waals surface area (Å²) < 4.78 is 7.39. The molecule has 32 heavy (non-hydrogen) atoms. The smallest absolute Gasteiger partial charge is 0.258 e. The molecule has 0 atom stereocenters. The largest absolute Gasteiger partial charge is 0.484 e. The molecule has 4 rings (SSSR count). The maximum atomic E-state index is 12.2. The van der Waals surface area contributed by atoms with E-state index in [-0.39, 0.29) is 12.5 Å². The zero-order valence-corrected chi connectivity index (χ0v) is 19.7. The predicted octanol–water partition coefficient (Wildman–Crippen LogP) is 3.43. The van der Waals surface area contributed by atoms with Gasteiger partial charge in [-0.3, -0.25) is 4.79 Å². The van der Waals surface area contributed by atoms with Crippen molar-refractivity contribution in [1.82, 2.24) is 25.1 Å². The number of carbonyl (C=O) groups is 1. The van der Waals surface area contributed by atoms with Crippen LogP contribution in [0.1, 0.15) is 32.3 Å². The summed E-state index contributed by atoms with van der Waals surface area (Å²) in [6.07, 6.45) is 4.21. The number of hydrogen-bond acceptors (Lipinski definition) is 7. The van der Waals surface area contributed by atoms with Gasteiger partial charge in [-0.1, -0.05) is 43.3 Å². The van der Waals surface area contributed by atoms with Gasteiger partial charge in [0.05, 0.1) is 18.1 Å². The number of aromatic nitrogens is 4. The Morgan fingerprint density at radius 3 is 2.66 bits per heavy atom. The predicted molar refractivity (Wildman–Crippen MR) is 127 cm³/mol. The van der Waals surface area contributed by atoms with Gasteiger partial charge in [-0.05, 0) is 31.9 Å². The molecule has 8 nitrogen and oxygen atoms in total. The lowest BCUT2D eigenvalue weighted by atomic mass is 10.2. The van der Waals surface area contributed by atoms with Crippen LogP contribution in [0.5, 0.6) is 5.75 Å². The Morgan fingerprint density at radius 2 is 1.94 bits per heavy atom. The van der Waals surface area contributed by atoms with Gasteiger partial charge >= 0.3 is 0 Å². The summed E-state index contributed by atoms with van der Waals surface area (Å²) >= 11 is 1.66.